The van der Waals surface area contributed by atoms with E-state index >= 15 is 0 Å². The highest BCUT2D eigenvalue weighted by atomic mass is 15.3. The van der Waals surface area contributed by atoms with Crippen molar-refractivity contribution in [2.45, 2.75) is 34.2 Å². The van der Waals surface area contributed by atoms with Gasteiger partial charge in [0.2, 0.25) is 0 Å². The maximum Gasteiger partial charge on any atom is 0.0625 e. The first-order chi connectivity index (χ1) is 6.16. The second-order valence-corrected chi connectivity index (χ2v) is 3.37. The number of nitrogens with zero attached hydrogens (tertiary/aromatic N) is 2. The normalized spacial score (nSPS) is 10.8. The van der Waals surface area contributed by atoms with Gasteiger partial charge in [-0.3, -0.25) is 4.68 Å². The molecule has 0 aromatic carbocycles. The van der Waals surface area contributed by atoms with Crippen molar-refractivity contribution >= 4 is 0 Å². The lowest BCUT2D eigenvalue weighted by molar-refractivity contribution is 0.551. The number of likely N-dealkylation sites (N-methyl/N-ethyl adjacent to an activating group) is 1. The molecule has 0 spiro atoms. The first-order valence-corrected chi connectivity index (χ1v) is 4.88. The average Bonchev–Trinajstić information content (AvgIpc) is 2.34. The third kappa shape index (κ3) is 2.31. The maximum atomic E-state index is 4.46. The lowest BCUT2D eigenvalue weighted by atomic mass is 10.2. The highest BCUT2D eigenvalue weighted by molar-refractivity contribution is 5.21. The number of rotatable bonds is 4. The second kappa shape index (κ2) is 4.42. The molecular formula is C10H19N3. The summed E-state index contributed by atoms with van der Waals surface area (Å²) in [4.78, 5) is 0. The van der Waals surface area contributed by atoms with Crippen molar-refractivity contribution in [3.63, 3.8) is 0 Å². The van der Waals surface area contributed by atoms with E-state index in [1.165, 1.54) is 11.3 Å². The van der Waals surface area contributed by atoms with Gasteiger partial charge in [-0.2, -0.15) is 5.10 Å². The Labute approximate surface area is 80.1 Å². The molecule has 0 amide bonds. The van der Waals surface area contributed by atoms with E-state index in [1.54, 1.807) is 0 Å². The molecule has 1 heterocycles. The topological polar surface area (TPSA) is 29.9 Å². The lowest BCUT2D eigenvalue weighted by Crippen LogP contribution is -2.20. The minimum Gasteiger partial charge on any atom is -0.315 e. The van der Waals surface area contributed by atoms with Gasteiger partial charge in [0.05, 0.1) is 12.2 Å². The summed E-state index contributed by atoms with van der Waals surface area (Å²) in [6.45, 7) is 11.4. The van der Waals surface area contributed by atoms with Gasteiger partial charge in [0.1, 0.15) is 0 Å². The van der Waals surface area contributed by atoms with Crippen LogP contribution in [0, 0.1) is 20.8 Å². The molecule has 1 aromatic heterocycles. The molecule has 0 atom stereocenters. The van der Waals surface area contributed by atoms with E-state index in [0.29, 0.717) is 0 Å². The molecule has 0 saturated carbocycles. The quantitative estimate of drug-likeness (QED) is 0.712. The summed E-state index contributed by atoms with van der Waals surface area (Å²) in [5.74, 6) is 0. The molecule has 74 valence electrons. The summed E-state index contributed by atoms with van der Waals surface area (Å²) in [5, 5.41) is 7.75. The molecule has 0 aliphatic carbocycles. The van der Waals surface area contributed by atoms with Gasteiger partial charge in [-0.25, -0.2) is 0 Å². The van der Waals surface area contributed by atoms with Gasteiger partial charge in [-0.15, -0.1) is 0 Å². The molecule has 3 heteroatoms. The largest absolute Gasteiger partial charge is 0.315 e. The van der Waals surface area contributed by atoms with Crippen LogP contribution in [0.5, 0.6) is 0 Å². The number of hydrogen-bond acceptors (Lipinski definition) is 2. The molecule has 0 saturated heterocycles. The van der Waals surface area contributed by atoms with Gasteiger partial charge in [0.15, 0.2) is 0 Å². The Kier molecular flexibility index (Phi) is 3.48. The lowest BCUT2D eigenvalue weighted by Gasteiger charge is -2.04. The van der Waals surface area contributed by atoms with Crippen LogP contribution in [0.1, 0.15) is 23.9 Å². The highest BCUT2D eigenvalue weighted by Gasteiger charge is 2.05. The predicted octanol–water partition coefficient (Wildman–Crippen LogP) is 1.42. The van der Waals surface area contributed by atoms with Crippen LogP contribution in [0.25, 0.3) is 0 Å². The monoisotopic (exact) mass is 181 g/mol. The van der Waals surface area contributed by atoms with Crippen LogP contribution in [0.2, 0.25) is 0 Å². The first-order valence-electron chi connectivity index (χ1n) is 4.88. The van der Waals surface area contributed by atoms with E-state index in [2.05, 4.69) is 42.8 Å². The van der Waals surface area contributed by atoms with Crippen molar-refractivity contribution in [1.82, 2.24) is 15.1 Å². The van der Waals surface area contributed by atoms with Gasteiger partial charge >= 0.3 is 0 Å². The van der Waals surface area contributed by atoms with Crippen LogP contribution in [0.15, 0.2) is 0 Å². The Morgan fingerprint density at radius 3 is 2.46 bits per heavy atom. The molecular weight excluding hydrogens is 162 g/mol. The van der Waals surface area contributed by atoms with Crippen LogP contribution in [-0.4, -0.2) is 22.9 Å². The smallest absolute Gasteiger partial charge is 0.0625 e. The van der Waals surface area contributed by atoms with Crippen LogP contribution in [-0.2, 0) is 6.54 Å². The van der Waals surface area contributed by atoms with Crippen molar-refractivity contribution < 1.29 is 0 Å². The number of nitrogens with one attached hydrogen (secondary N) is 1. The molecule has 1 aromatic rings. The third-order valence-electron chi connectivity index (χ3n) is 2.49. The molecule has 13 heavy (non-hydrogen) atoms. The van der Waals surface area contributed by atoms with Crippen LogP contribution in [0.4, 0.5) is 0 Å². The van der Waals surface area contributed by atoms with E-state index in [0.717, 1.165) is 25.3 Å². The molecule has 0 radical (unpaired) electrons. The highest BCUT2D eigenvalue weighted by Crippen LogP contribution is 2.09. The van der Waals surface area contributed by atoms with Crippen molar-refractivity contribution in [3.05, 3.63) is 17.0 Å². The van der Waals surface area contributed by atoms with Gasteiger partial charge < -0.3 is 5.32 Å². The van der Waals surface area contributed by atoms with Gasteiger partial charge in [0, 0.05) is 12.2 Å². The Bertz CT molecular complexity index is 276. The minimum atomic E-state index is 0.967. The molecule has 0 aliphatic rings. The summed E-state index contributed by atoms with van der Waals surface area (Å²) < 4.78 is 2.08. The van der Waals surface area contributed by atoms with E-state index in [9.17, 15) is 0 Å². The molecule has 0 aliphatic heterocycles. The maximum absolute atomic E-state index is 4.46. The Morgan fingerprint density at radius 1 is 1.31 bits per heavy atom. The summed E-state index contributed by atoms with van der Waals surface area (Å²) in [5.41, 5.74) is 3.75. The number of hydrogen-bond donors (Lipinski definition) is 1. The SMILES string of the molecule is CCNCCn1nc(C)c(C)c1C. The number of aromatic nitrogens is 2. The fourth-order valence-corrected chi connectivity index (χ4v) is 1.37. The standard InChI is InChI=1S/C10H19N3/c1-5-11-6-7-13-10(4)8(2)9(3)12-13/h11H,5-7H2,1-4H3. The van der Waals surface area contributed by atoms with Gasteiger partial charge in [0.25, 0.3) is 0 Å². The van der Waals surface area contributed by atoms with E-state index < -0.39 is 0 Å². The number of aryl methyl sites for hydroxylation is 1. The summed E-state index contributed by atoms with van der Waals surface area (Å²) in [6, 6.07) is 0. The van der Waals surface area contributed by atoms with Crippen molar-refractivity contribution in [2.75, 3.05) is 13.1 Å². The zero-order valence-corrected chi connectivity index (χ0v) is 9.02. The van der Waals surface area contributed by atoms with Crippen LogP contribution in [0.3, 0.4) is 0 Å². The Balaban J connectivity index is 2.61. The molecule has 1 rings (SSSR count). The van der Waals surface area contributed by atoms with E-state index in [1.807, 2.05) is 0 Å². The fraction of sp³-hybridized carbons (Fsp3) is 0.700. The van der Waals surface area contributed by atoms with E-state index in [-0.39, 0.29) is 0 Å². The van der Waals surface area contributed by atoms with Crippen LogP contribution >= 0.6 is 0 Å². The molecule has 0 fully saturated rings. The van der Waals surface area contributed by atoms with Crippen molar-refractivity contribution in [1.29, 1.82) is 0 Å². The summed E-state index contributed by atoms with van der Waals surface area (Å²) in [6.07, 6.45) is 0. The summed E-state index contributed by atoms with van der Waals surface area (Å²) >= 11 is 0. The third-order valence-corrected chi connectivity index (χ3v) is 2.49. The zero-order valence-electron chi connectivity index (χ0n) is 9.02. The van der Waals surface area contributed by atoms with Gasteiger partial charge in [-0.05, 0) is 32.9 Å². The zero-order chi connectivity index (χ0) is 9.84. The first kappa shape index (κ1) is 10.3. The molecule has 0 unspecified atom stereocenters. The minimum absolute atomic E-state index is 0.967. The second-order valence-electron chi connectivity index (χ2n) is 3.37. The Hall–Kier alpha value is -0.830. The van der Waals surface area contributed by atoms with E-state index in [4.69, 9.17) is 0 Å². The van der Waals surface area contributed by atoms with Gasteiger partial charge in [-0.1, -0.05) is 6.92 Å². The molecule has 3 nitrogen and oxygen atoms in total. The molecule has 1 N–H and O–H groups in total. The predicted molar refractivity (Wildman–Crippen MR) is 55.0 cm³/mol. The Morgan fingerprint density at radius 2 is 2.00 bits per heavy atom. The molecule has 0 bridgehead atoms. The van der Waals surface area contributed by atoms with Crippen molar-refractivity contribution in [3.8, 4) is 0 Å². The average molecular weight is 181 g/mol. The van der Waals surface area contributed by atoms with Crippen molar-refractivity contribution in [2.24, 2.45) is 0 Å². The van der Waals surface area contributed by atoms with Crippen LogP contribution < -0.4 is 5.32 Å². The summed E-state index contributed by atoms with van der Waals surface area (Å²) in [7, 11) is 0. The fourth-order valence-electron chi connectivity index (χ4n) is 1.37.